The quantitative estimate of drug-likeness (QED) is 0.873. The van der Waals surface area contributed by atoms with E-state index in [1.807, 2.05) is 19.1 Å². The summed E-state index contributed by atoms with van der Waals surface area (Å²) in [5.74, 6) is -1.08. The van der Waals surface area contributed by atoms with Gasteiger partial charge in [0.1, 0.15) is 6.04 Å². The maximum absolute atomic E-state index is 12.4. The van der Waals surface area contributed by atoms with Crippen molar-refractivity contribution in [3.8, 4) is 0 Å². The summed E-state index contributed by atoms with van der Waals surface area (Å²) in [5, 5.41) is 11.9. The van der Waals surface area contributed by atoms with Crippen molar-refractivity contribution in [1.82, 2.24) is 5.32 Å². The number of benzene rings is 1. The highest BCUT2D eigenvalue weighted by atomic mass is 16.4. The monoisotopic (exact) mass is 287 g/mol. The molecule has 0 bridgehead atoms. The van der Waals surface area contributed by atoms with Crippen LogP contribution in [0.25, 0.3) is 0 Å². The van der Waals surface area contributed by atoms with Crippen LogP contribution in [0.2, 0.25) is 0 Å². The van der Waals surface area contributed by atoms with Crippen LogP contribution in [0, 0.1) is 5.92 Å². The van der Waals surface area contributed by atoms with Crippen LogP contribution in [0.4, 0.5) is 0 Å². The number of carbonyl (C=O) groups is 2. The normalized spacial score (nSPS) is 27.2. The second kappa shape index (κ2) is 5.17. The van der Waals surface area contributed by atoms with Crippen LogP contribution in [0.5, 0.6) is 0 Å². The first-order valence-corrected chi connectivity index (χ1v) is 7.70. The molecular weight excluding hydrogens is 266 g/mol. The van der Waals surface area contributed by atoms with Crippen LogP contribution in [-0.2, 0) is 21.4 Å². The molecule has 3 unspecified atom stereocenters. The summed E-state index contributed by atoms with van der Waals surface area (Å²) in [4.78, 5) is 23.6. The minimum Gasteiger partial charge on any atom is -0.480 e. The summed E-state index contributed by atoms with van der Waals surface area (Å²) in [6.45, 7) is 1.92. The Morgan fingerprint density at radius 3 is 2.90 bits per heavy atom. The molecule has 4 heteroatoms. The zero-order valence-electron chi connectivity index (χ0n) is 12.3. The van der Waals surface area contributed by atoms with Gasteiger partial charge in [-0.25, -0.2) is 4.79 Å². The molecular formula is C17H21NO3. The first kappa shape index (κ1) is 14.1. The molecule has 2 aliphatic rings. The Bertz CT molecular complexity index is 583. The molecule has 2 N–H and O–H groups in total. The van der Waals surface area contributed by atoms with E-state index in [9.17, 15) is 9.59 Å². The number of carboxylic acids is 1. The minimum atomic E-state index is -0.938. The number of fused-ring (bicyclic) bond motifs is 2. The number of amides is 1. The molecule has 0 aliphatic heterocycles. The smallest absolute Gasteiger partial charge is 0.326 e. The molecule has 1 spiro atoms. The zero-order chi connectivity index (χ0) is 15.0. The molecule has 0 radical (unpaired) electrons. The third kappa shape index (κ3) is 2.33. The van der Waals surface area contributed by atoms with Gasteiger partial charge in [-0.3, -0.25) is 4.79 Å². The fourth-order valence-electron chi connectivity index (χ4n) is 3.76. The highest BCUT2D eigenvalue weighted by molar-refractivity contribution is 5.88. The number of aryl methyl sites for hydroxylation is 1. The standard InChI is InChI=1S/C17H21NO3/c1-2-5-14(16(20)21)18-15(19)13-10-17(13)9-8-11-6-3-4-7-12(11)17/h3-4,6-7,13-14H,2,5,8-10H2,1H3,(H,18,19)(H,20,21). The lowest BCUT2D eigenvalue weighted by Crippen LogP contribution is -2.42. The maximum Gasteiger partial charge on any atom is 0.326 e. The molecule has 4 nitrogen and oxygen atoms in total. The number of carbonyl (C=O) groups excluding carboxylic acids is 1. The highest BCUT2D eigenvalue weighted by Gasteiger charge is 2.61. The van der Waals surface area contributed by atoms with E-state index in [1.54, 1.807) is 0 Å². The van der Waals surface area contributed by atoms with Crippen LogP contribution in [0.1, 0.15) is 43.7 Å². The first-order chi connectivity index (χ1) is 10.1. The van der Waals surface area contributed by atoms with Crippen molar-refractivity contribution in [1.29, 1.82) is 0 Å². The van der Waals surface area contributed by atoms with Crippen molar-refractivity contribution in [2.75, 3.05) is 0 Å². The van der Waals surface area contributed by atoms with Gasteiger partial charge in [-0.15, -0.1) is 0 Å². The lowest BCUT2D eigenvalue weighted by molar-refractivity contribution is -0.142. The Labute approximate surface area is 124 Å². The third-order valence-electron chi connectivity index (χ3n) is 4.98. The topological polar surface area (TPSA) is 66.4 Å². The predicted molar refractivity (Wildman–Crippen MR) is 79.0 cm³/mol. The van der Waals surface area contributed by atoms with E-state index in [4.69, 9.17) is 5.11 Å². The molecule has 21 heavy (non-hydrogen) atoms. The van der Waals surface area contributed by atoms with Crippen molar-refractivity contribution in [3.63, 3.8) is 0 Å². The summed E-state index contributed by atoms with van der Waals surface area (Å²) >= 11 is 0. The molecule has 0 saturated heterocycles. The first-order valence-electron chi connectivity index (χ1n) is 7.70. The van der Waals surface area contributed by atoms with Gasteiger partial charge in [0.05, 0.1) is 0 Å². The molecule has 1 aromatic carbocycles. The largest absolute Gasteiger partial charge is 0.480 e. The third-order valence-corrected chi connectivity index (χ3v) is 4.98. The average molecular weight is 287 g/mol. The number of hydrogen-bond donors (Lipinski definition) is 2. The molecule has 1 saturated carbocycles. The second-order valence-electron chi connectivity index (χ2n) is 6.26. The summed E-state index contributed by atoms with van der Waals surface area (Å²) in [5.41, 5.74) is 2.62. The number of hydrogen-bond acceptors (Lipinski definition) is 2. The van der Waals surface area contributed by atoms with Gasteiger partial charge in [0.25, 0.3) is 0 Å². The average Bonchev–Trinajstić information content (AvgIpc) is 3.09. The van der Waals surface area contributed by atoms with Gasteiger partial charge in [0.2, 0.25) is 5.91 Å². The minimum absolute atomic E-state index is 0.0179. The Kier molecular flexibility index (Phi) is 3.47. The number of carboxylic acid groups (broad SMARTS) is 1. The lowest BCUT2D eigenvalue weighted by atomic mass is 9.95. The van der Waals surface area contributed by atoms with Crippen LogP contribution in [0.3, 0.4) is 0 Å². The van der Waals surface area contributed by atoms with Gasteiger partial charge in [0, 0.05) is 11.3 Å². The molecule has 0 heterocycles. The van der Waals surface area contributed by atoms with Crippen molar-refractivity contribution >= 4 is 11.9 Å². The van der Waals surface area contributed by atoms with E-state index < -0.39 is 12.0 Å². The maximum atomic E-state index is 12.4. The molecule has 2 aliphatic carbocycles. The van der Waals surface area contributed by atoms with Crippen LogP contribution < -0.4 is 5.32 Å². The van der Waals surface area contributed by atoms with Crippen LogP contribution in [-0.4, -0.2) is 23.0 Å². The van der Waals surface area contributed by atoms with Gasteiger partial charge in [-0.2, -0.15) is 0 Å². The second-order valence-corrected chi connectivity index (χ2v) is 6.26. The van der Waals surface area contributed by atoms with E-state index in [1.165, 1.54) is 11.1 Å². The van der Waals surface area contributed by atoms with E-state index in [0.29, 0.717) is 6.42 Å². The van der Waals surface area contributed by atoms with Crippen LogP contribution >= 0.6 is 0 Å². The fourth-order valence-corrected chi connectivity index (χ4v) is 3.76. The Morgan fingerprint density at radius 1 is 1.43 bits per heavy atom. The van der Waals surface area contributed by atoms with Gasteiger partial charge in [0.15, 0.2) is 0 Å². The van der Waals surface area contributed by atoms with Gasteiger partial charge >= 0.3 is 5.97 Å². The van der Waals surface area contributed by atoms with E-state index in [-0.39, 0.29) is 17.2 Å². The summed E-state index contributed by atoms with van der Waals surface area (Å²) in [6, 6.07) is 7.56. The summed E-state index contributed by atoms with van der Waals surface area (Å²) in [6.07, 6.45) is 4.12. The van der Waals surface area contributed by atoms with Gasteiger partial charge in [-0.05, 0) is 36.8 Å². The Hall–Kier alpha value is -1.84. The molecule has 1 aromatic rings. The molecule has 3 rings (SSSR count). The lowest BCUT2D eigenvalue weighted by Gasteiger charge is -2.16. The SMILES string of the molecule is CCCC(NC(=O)C1CC12CCc1ccccc12)C(=O)O. The molecule has 1 fully saturated rings. The van der Waals surface area contributed by atoms with Gasteiger partial charge < -0.3 is 10.4 Å². The van der Waals surface area contributed by atoms with Crippen LogP contribution in [0.15, 0.2) is 24.3 Å². The molecule has 1 amide bonds. The van der Waals surface area contributed by atoms with Crippen molar-refractivity contribution in [3.05, 3.63) is 35.4 Å². The number of nitrogens with one attached hydrogen (secondary N) is 1. The molecule has 0 aromatic heterocycles. The Balaban J connectivity index is 1.71. The molecule has 112 valence electrons. The van der Waals surface area contributed by atoms with Crippen molar-refractivity contribution < 1.29 is 14.7 Å². The van der Waals surface area contributed by atoms with E-state index >= 15 is 0 Å². The summed E-state index contributed by atoms with van der Waals surface area (Å²) in [7, 11) is 0. The van der Waals surface area contributed by atoms with Gasteiger partial charge in [-0.1, -0.05) is 37.6 Å². The predicted octanol–water partition coefficient (Wildman–Crippen LogP) is 2.26. The zero-order valence-corrected chi connectivity index (χ0v) is 12.3. The van der Waals surface area contributed by atoms with Crippen molar-refractivity contribution in [2.45, 2.75) is 50.5 Å². The van der Waals surface area contributed by atoms with E-state index in [2.05, 4.69) is 17.4 Å². The Morgan fingerprint density at radius 2 is 2.19 bits per heavy atom. The van der Waals surface area contributed by atoms with Crippen molar-refractivity contribution in [2.24, 2.45) is 5.92 Å². The number of rotatable bonds is 5. The number of aliphatic carboxylic acids is 1. The van der Waals surface area contributed by atoms with E-state index in [0.717, 1.165) is 25.7 Å². The highest BCUT2D eigenvalue weighted by Crippen LogP contribution is 2.61. The summed E-state index contributed by atoms with van der Waals surface area (Å²) < 4.78 is 0. The molecule has 3 atom stereocenters. The fraction of sp³-hybridized carbons (Fsp3) is 0.529.